The van der Waals surface area contributed by atoms with Crippen molar-refractivity contribution in [3.63, 3.8) is 0 Å². The van der Waals surface area contributed by atoms with Gasteiger partial charge in [0.1, 0.15) is 0 Å². The molecule has 0 aliphatic rings. The molecule has 0 amide bonds. The Hall–Kier alpha value is -0.490. The molecule has 0 radical (unpaired) electrons. The minimum atomic E-state index is 0.0181. The molecule has 0 spiro atoms. The summed E-state index contributed by atoms with van der Waals surface area (Å²) in [6.07, 6.45) is 0.791. The van der Waals surface area contributed by atoms with Crippen molar-refractivity contribution < 1.29 is 5.11 Å². The van der Waals surface area contributed by atoms with Crippen LogP contribution in [0, 0.1) is 11.8 Å². The van der Waals surface area contributed by atoms with Gasteiger partial charge in [0.05, 0.1) is 11.6 Å². The first kappa shape index (κ1) is 11.6. The Morgan fingerprint density at radius 1 is 1.43 bits per heavy atom. The Morgan fingerprint density at radius 2 is 2.21 bits per heavy atom. The molecule has 1 N–H and O–H groups in total. The molecule has 14 heavy (non-hydrogen) atoms. The number of hydrogen-bond acceptors (Lipinski definition) is 1. The predicted octanol–water partition coefficient (Wildman–Crippen LogP) is 2.97. The molecule has 0 saturated carbocycles. The second kappa shape index (κ2) is 6.08. The van der Waals surface area contributed by atoms with Crippen LogP contribution >= 0.6 is 27.5 Å². The fourth-order valence-electron chi connectivity index (χ4n) is 0.972. The summed E-state index contributed by atoms with van der Waals surface area (Å²) in [5.41, 5.74) is 1.61. The van der Waals surface area contributed by atoms with Crippen molar-refractivity contribution in [3.8, 4) is 11.8 Å². The third kappa shape index (κ3) is 3.34. The van der Waals surface area contributed by atoms with Crippen LogP contribution in [-0.4, -0.2) is 10.4 Å². The minimum Gasteiger partial charge on any atom is -0.392 e. The topological polar surface area (TPSA) is 20.2 Å². The number of rotatable bonds is 2. The molecule has 0 aliphatic heterocycles. The van der Waals surface area contributed by atoms with Crippen LogP contribution in [0.3, 0.4) is 0 Å². The van der Waals surface area contributed by atoms with Crippen LogP contribution in [0.4, 0.5) is 0 Å². The summed E-state index contributed by atoms with van der Waals surface area (Å²) in [5.74, 6) is 5.95. The van der Waals surface area contributed by atoms with Gasteiger partial charge in [-0.05, 0) is 17.7 Å². The van der Waals surface area contributed by atoms with Crippen LogP contribution in [0.1, 0.15) is 17.5 Å². The molecule has 0 atom stereocenters. The second-order valence-electron chi connectivity index (χ2n) is 2.71. The SMILES string of the molecule is OCc1ccc(Cl)c(C#CCCBr)c1. The van der Waals surface area contributed by atoms with Crippen LogP contribution in [0.15, 0.2) is 18.2 Å². The maximum absolute atomic E-state index is 8.93. The monoisotopic (exact) mass is 272 g/mol. The number of halogens is 2. The number of benzene rings is 1. The van der Waals surface area contributed by atoms with E-state index in [9.17, 15) is 0 Å². The van der Waals surface area contributed by atoms with Crippen LogP contribution in [-0.2, 0) is 6.61 Å². The summed E-state index contributed by atoms with van der Waals surface area (Å²) in [6, 6.07) is 5.35. The third-order valence-electron chi connectivity index (χ3n) is 1.66. The van der Waals surface area contributed by atoms with Gasteiger partial charge < -0.3 is 5.11 Å². The molecule has 74 valence electrons. The lowest BCUT2D eigenvalue weighted by Crippen LogP contribution is -1.85. The van der Waals surface area contributed by atoms with Gasteiger partial charge in [0.25, 0.3) is 0 Å². The smallest absolute Gasteiger partial charge is 0.0682 e. The van der Waals surface area contributed by atoms with Gasteiger partial charge in [-0.1, -0.05) is 45.4 Å². The predicted molar refractivity (Wildman–Crippen MR) is 62.7 cm³/mol. The molecule has 3 heteroatoms. The molecule has 1 rings (SSSR count). The summed E-state index contributed by atoms with van der Waals surface area (Å²) in [6.45, 7) is 0.0181. The van der Waals surface area contributed by atoms with Gasteiger partial charge >= 0.3 is 0 Å². The maximum Gasteiger partial charge on any atom is 0.0682 e. The van der Waals surface area contributed by atoms with Crippen molar-refractivity contribution in [1.29, 1.82) is 0 Å². The average molecular weight is 274 g/mol. The largest absolute Gasteiger partial charge is 0.392 e. The van der Waals surface area contributed by atoms with E-state index in [-0.39, 0.29) is 6.61 Å². The zero-order valence-electron chi connectivity index (χ0n) is 7.56. The molecule has 0 unspecified atom stereocenters. The Balaban J connectivity index is 2.91. The molecule has 0 saturated heterocycles. The van der Waals surface area contributed by atoms with Gasteiger partial charge in [-0.25, -0.2) is 0 Å². The molecule has 1 nitrogen and oxygen atoms in total. The van der Waals surface area contributed by atoms with E-state index >= 15 is 0 Å². The molecule has 1 aromatic carbocycles. The van der Waals surface area contributed by atoms with E-state index in [2.05, 4.69) is 27.8 Å². The quantitative estimate of drug-likeness (QED) is 0.649. The highest BCUT2D eigenvalue weighted by molar-refractivity contribution is 9.09. The number of hydrogen-bond donors (Lipinski definition) is 1. The zero-order valence-corrected chi connectivity index (χ0v) is 9.90. The van der Waals surface area contributed by atoms with Gasteiger partial charge in [0, 0.05) is 17.3 Å². The first-order valence-corrected chi connectivity index (χ1v) is 5.72. The average Bonchev–Trinajstić information content (AvgIpc) is 2.21. The van der Waals surface area contributed by atoms with E-state index in [1.165, 1.54) is 0 Å². The highest BCUT2D eigenvalue weighted by Gasteiger charge is 1.97. The minimum absolute atomic E-state index is 0.0181. The summed E-state index contributed by atoms with van der Waals surface area (Å²) in [4.78, 5) is 0. The molecule has 1 aromatic rings. The first-order valence-electron chi connectivity index (χ1n) is 4.22. The van der Waals surface area contributed by atoms with E-state index in [1.54, 1.807) is 12.1 Å². The lowest BCUT2D eigenvalue weighted by molar-refractivity contribution is 0.282. The second-order valence-corrected chi connectivity index (χ2v) is 3.91. The standard InChI is InChI=1S/C11H10BrClO/c12-6-2-1-3-10-7-9(8-14)4-5-11(10)13/h4-5,7,14H,2,6,8H2. The van der Waals surface area contributed by atoms with Gasteiger partial charge in [-0.15, -0.1) is 0 Å². The molecule has 0 bridgehead atoms. The lowest BCUT2D eigenvalue weighted by Gasteiger charge is -1.99. The van der Waals surface area contributed by atoms with E-state index in [0.717, 1.165) is 22.9 Å². The van der Waals surface area contributed by atoms with E-state index < -0.39 is 0 Å². The van der Waals surface area contributed by atoms with Crippen molar-refractivity contribution in [2.45, 2.75) is 13.0 Å². The first-order chi connectivity index (χ1) is 6.77. The Morgan fingerprint density at radius 3 is 2.86 bits per heavy atom. The van der Waals surface area contributed by atoms with Gasteiger partial charge in [0.2, 0.25) is 0 Å². The molecule has 0 fully saturated rings. The van der Waals surface area contributed by atoms with Crippen LogP contribution < -0.4 is 0 Å². The molecule has 0 heterocycles. The van der Waals surface area contributed by atoms with Gasteiger partial charge in [-0.2, -0.15) is 0 Å². The van der Waals surface area contributed by atoms with E-state index in [4.69, 9.17) is 16.7 Å². The Bertz CT molecular complexity index is 365. The third-order valence-corrected chi connectivity index (χ3v) is 2.38. The zero-order chi connectivity index (χ0) is 10.4. The molecular formula is C11H10BrClO. The summed E-state index contributed by atoms with van der Waals surface area (Å²) in [7, 11) is 0. The van der Waals surface area contributed by atoms with Crippen LogP contribution in [0.2, 0.25) is 5.02 Å². The lowest BCUT2D eigenvalue weighted by atomic mass is 10.1. The van der Waals surface area contributed by atoms with Crippen molar-refractivity contribution in [2.75, 3.05) is 5.33 Å². The van der Waals surface area contributed by atoms with Crippen LogP contribution in [0.5, 0.6) is 0 Å². The number of aliphatic hydroxyl groups is 1. The summed E-state index contributed by atoms with van der Waals surface area (Å²) >= 11 is 9.23. The van der Waals surface area contributed by atoms with Crippen molar-refractivity contribution >= 4 is 27.5 Å². The maximum atomic E-state index is 8.93. The summed E-state index contributed by atoms with van der Waals surface area (Å²) < 4.78 is 0. The van der Waals surface area contributed by atoms with Crippen LogP contribution in [0.25, 0.3) is 0 Å². The van der Waals surface area contributed by atoms with Crippen molar-refractivity contribution in [2.24, 2.45) is 0 Å². The van der Waals surface area contributed by atoms with Crippen molar-refractivity contribution in [3.05, 3.63) is 34.3 Å². The van der Waals surface area contributed by atoms with E-state index in [1.807, 2.05) is 6.07 Å². The van der Waals surface area contributed by atoms with Gasteiger partial charge in [0.15, 0.2) is 0 Å². The van der Waals surface area contributed by atoms with Crippen molar-refractivity contribution in [1.82, 2.24) is 0 Å². The summed E-state index contributed by atoms with van der Waals surface area (Å²) in [5, 5.41) is 10.4. The molecule has 0 aromatic heterocycles. The number of aliphatic hydroxyl groups excluding tert-OH is 1. The normalized spacial score (nSPS) is 9.36. The highest BCUT2D eigenvalue weighted by atomic mass is 79.9. The fraction of sp³-hybridized carbons (Fsp3) is 0.273. The van der Waals surface area contributed by atoms with Gasteiger partial charge in [-0.3, -0.25) is 0 Å². The fourth-order valence-corrected chi connectivity index (χ4v) is 1.33. The Labute approximate surface area is 97.2 Å². The highest BCUT2D eigenvalue weighted by Crippen LogP contribution is 2.16. The molecule has 0 aliphatic carbocycles. The molecular weight excluding hydrogens is 263 g/mol. The van der Waals surface area contributed by atoms with E-state index in [0.29, 0.717) is 5.02 Å². The number of alkyl halides is 1. The Kier molecular flexibility index (Phi) is 5.03.